The monoisotopic (exact) mass is 242 g/mol. The van der Waals surface area contributed by atoms with Gasteiger partial charge in [-0.3, -0.25) is 4.79 Å². The second-order valence-electron chi connectivity index (χ2n) is 4.50. The van der Waals surface area contributed by atoms with Crippen molar-refractivity contribution in [2.75, 3.05) is 20.1 Å². The van der Waals surface area contributed by atoms with Crippen molar-refractivity contribution < 1.29 is 14.7 Å². The molecule has 1 saturated heterocycles. The molecule has 0 saturated carbocycles. The zero-order valence-corrected chi connectivity index (χ0v) is 10.4. The number of nitrogens with one attached hydrogen (secondary N) is 1. The fourth-order valence-electron chi connectivity index (χ4n) is 2.22. The average molecular weight is 242 g/mol. The molecule has 1 aliphatic rings. The summed E-state index contributed by atoms with van der Waals surface area (Å²) in [5.74, 6) is -0.886. The topological polar surface area (TPSA) is 69.6 Å². The van der Waals surface area contributed by atoms with E-state index in [1.54, 1.807) is 4.90 Å². The number of aliphatic carboxylic acids is 1. The molecule has 0 aromatic rings. The highest BCUT2D eigenvalue weighted by atomic mass is 16.4. The molecule has 1 heterocycles. The lowest BCUT2D eigenvalue weighted by Gasteiger charge is -2.27. The number of rotatable bonds is 5. The Bertz CT molecular complexity index is 268. The Morgan fingerprint density at radius 1 is 1.35 bits per heavy atom. The van der Waals surface area contributed by atoms with E-state index in [0.29, 0.717) is 19.4 Å². The minimum Gasteiger partial charge on any atom is -0.480 e. The highest BCUT2D eigenvalue weighted by Crippen LogP contribution is 2.18. The predicted octanol–water partition coefficient (Wildman–Crippen LogP) is 0.842. The molecule has 98 valence electrons. The Balaban J connectivity index is 2.55. The van der Waals surface area contributed by atoms with Crippen LogP contribution in [-0.2, 0) is 9.59 Å². The fraction of sp³-hybridized carbons (Fsp3) is 0.833. The molecule has 0 aromatic heterocycles. The molecule has 5 nitrogen and oxygen atoms in total. The van der Waals surface area contributed by atoms with Gasteiger partial charge in [0.15, 0.2) is 0 Å². The van der Waals surface area contributed by atoms with Gasteiger partial charge in [-0.15, -0.1) is 0 Å². The van der Waals surface area contributed by atoms with Crippen molar-refractivity contribution in [2.24, 2.45) is 0 Å². The normalized spacial score (nSPS) is 21.0. The molecule has 5 heteroatoms. The molecule has 0 aliphatic carbocycles. The van der Waals surface area contributed by atoms with Crippen molar-refractivity contribution in [3.05, 3.63) is 0 Å². The summed E-state index contributed by atoms with van der Waals surface area (Å²) in [4.78, 5) is 24.7. The van der Waals surface area contributed by atoms with Crippen molar-refractivity contribution in [1.82, 2.24) is 10.2 Å². The van der Waals surface area contributed by atoms with Gasteiger partial charge in [-0.1, -0.05) is 12.8 Å². The van der Waals surface area contributed by atoms with Gasteiger partial charge in [0.05, 0.1) is 0 Å². The standard InChI is InChI=1S/C12H22N2O3/c1-13-8-5-7-11(15)14-9-4-2-3-6-10(14)12(16)17/h10,13H,2-9H2,1H3,(H,16,17). The van der Waals surface area contributed by atoms with Crippen LogP contribution in [0.1, 0.15) is 38.5 Å². The highest BCUT2D eigenvalue weighted by molar-refractivity contribution is 5.83. The Morgan fingerprint density at radius 3 is 2.76 bits per heavy atom. The number of carbonyl (C=O) groups excluding carboxylic acids is 1. The Kier molecular flexibility index (Phi) is 5.97. The summed E-state index contributed by atoms with van der Waals surface area (Å²) < 4.78 is 0. The number of hydrogen-bond acceptors (Lipinski definition) is 3. The van der Waals surface area contributed by atoms with Crippen molar-refractivity contribution in [3.8, 4) is 0 Å². The van der Waals surface area contributed by atoms with Crippen LogP contribution in [-0.4, -0.2) is 48.1 Å². The zero-order chi connectivity index (χ0) is 12.7. The molecule has 2 N–H and O–H groups in total. The van der Waals surface area contributed by atoms with E-state index in [-0.39, 0.29) is 5.91 Å². The molecule has 1 atom stereocenters. The van der Waals surface area contributed by atoms with Gasteiger partial charge in [0.25, 0.3) is 0 Å². The van der Waals surface area contributed by atoms with Crippen LogP contribution in [0.15, 0.2) is 0 Å². The molecule has 1 aliphatic heterocycles. The Morgan fingerprint density at radius 2 is 2.12 bits per heavy atom. The van der Waals surface area contributed by atoms with Gasteiger partial charge < -0.3 is 15.3 Å². The molecular weight excluding hydrogens is 220 g/mol. The maximum atomic E-state index is 12.0. The number of likely N-dealkylation sites (tertiary alicyclic amines) is 1. The Hall–Kier alpha value is -1.10. The smallest absolute Gasteiger partial charge is 0.326 e. The van der Waals surface area contributed by atoms with E-state index in [1.807, 2.05) is 7.05 Å². The van der Waals surface area contributed by atoms with Gasteiger partial charge >= 0.3 is 5.97 Å². The quantitative estimate of drug-likeness (QED) is 0.701. The largest absolute Gasteiger partial charge is 0.480 e. The first-order valence-electron chi connectivity index (χ1n) is 6.33. The summed E-state index contributed by atoms with van der Waals surface area (Å²) in [5, 5.41) is 12.1. The van der Waals surface area contributed by atoms with E-state index >= 15 is 0 Å². The number of amides is 1. The molecule has 0 aromatic carbocycles. The van der Waals surface area contributed by atoms with Crippen LogP contribution in [0.25, 0.3) is 0 Å². The molecular formula is C12H22N2O3. The number of hydrogen-bond donors (Lipinski definition) is 2. The molecule has 1 rings (SSSR count). The lowest BCUT2D eigenvalue weighted by Crippen LogP contribution is -2.44. The third-order valence-electron chi connectivity index (χ3n) is 3.18. The maximum Gasteiger partial charge on any atom is 0.326 e. The zero-order valence-electron chi connectivity index (χ0n) is 10.4. The van der Waals surface area contributed by atoms with Crippen LogP contribution in [0, 0.1) is 0 Å². The minimum atomic E-state index is -0.867. The van der Waals surface area contributed by atoms with Crippen LogP contribution in [0.5, 0.6) is 0 Å². The van der Waals surface area contributed by atoms with Crippen molar-refractivity contribution in [3.63, 3.8) is 0 Å². The third-order valence-corrected chi connectivity index (χ3v) is 3.18. The van der Waals surface area contributed by atoms with Gasteiger partial charge in [-0.05, 0) is 32.9 Å². The summed E-state index contributed by atoms with van der Waals surface area (Å²) in [6.45, 7) is 1.38. The molecule has 0 bridgehead atoms. The van der Waals surface area contributed by atoms with Crippen LogP contribution in [0.3, 0.4) is 0 Å². The van der Waals surface area contributed by atoms with E-state index in [1.165, 1.54) is 0 Å². The molecule has 1 unspecified atom stereocenters. The van der Waals surface area contributed by atoms with Crippen LogP contribution in [0.2, 0.25) is 0 Å². The SMILES string of the molecule is CNCCCC(=O)N1CCCCCC1C(=O)O. The lowest BCUT2D eigenvalue weighted by atomic mass is 10.1. The van der Waals surface area contributed by atoms with E-state index in [2.05, 4.69) is 5.32 Å². The summed E-state index contributed by atoms with van der Waals surface area (Å²) in [5.41, 5.74) is 0. The minimum absolute atomic E-state index is 0.0189. The number of carboxylic acid groups (broad SMARTS) is 1. The molecule has 1 fully saturated rings. The summed E-state index contributed by atoms with van der Waals surface area (Å²) in [6, 6.07) is -0.611. The second kappa shape index (κ2) is 7.27. The molecule has 0 spiro atoms. The maximum absolute atomic E-state index is 12.0. The first kappa shape index (κ1) is 14.0. The lowest BCUT2D eigenvalue weighted by molar-refractivity contribution is -0.150. The second-order valence-corrected chi connectivity index (χ2v) is 4.50. The summed E-state index contributed by atoms with van der Waals surface area (Å²) in [6.07, 6.45) is 4.62. The van der Waals surface area contributed by atoms with Crippen LogP contribution >= 0.6 is 0 Å². The molecule has 0 radical (unpaired) electrons. The molecule has 17 heavy (non-hydrogen) atoms. The first-order chi connectivity index (χ1) is 8.16. The molecule has 1 amide bonds. The van der Waals surface area contributed by atoms with Crippen LogP contribution < -0.4 is 5.32 Å². The number of carbonyl (C=O) groups is 2. The Labute approximate surface area is 102 Å². The van der Waals surface area contributed by atoms with E-state index in [9.17, 15) is 9.59 Å². The predicted molar refractivity (Wildman–Crippen MR) is 64.8 cm³/mol. The van der Waals surface area contributed by atoms with E-state index in [0.717, 1.165) is 32.2 Å². The van der Waals surface area contributed by atoms with Gasteiger partial charge in [0.1, 0.15) is 6.04 Å². The average Bonchev–Trinajstić information content (AvgIpc) is 2.54. The van der Waals surface area contributed by atoms with Gasteiger partial charge in [-0.2, -0.15) is 0 Å². The van der Waals surface area contributed by atoms with Crippen molar-refractivity contribution >= 4 is 11.9 Å². The summed E-state index contributed by atoms with van der Waals surface area (Å²) in [7, 11) is 1.84. The highest BCUT2D eigenvalue weighted by Gasteiger charge is 2.29. The number of carboxylic acids is 1. The van der Waals surface area contributed by atoms with E-state index in [4.69, 9.17) is 5.11 Å². The van der Waals surface area contributed by atoms with Gasteiger partial charge in [0, 0.05) is 13.0 Å². The first-order valence-corrected chi connectivity index (χ1v) is 6.33. The summed E-state index contributed by atoms with van der Waals surface area (Å²) >= 11 is 0. The van der Waals surface area contributed by atoms with Crippen molar-refractivity contribution in [1.29, 1.82) is 0 Å². The number of nitrogens with zero attached hydrogens (tertiary/aromatic N) is 1. The third kappa shape index (κ3) is 4.34. The van der Waals surface area contributed by atoms with Crippen molar-refractivity contribution in [2.45, 2.75) is 44.6 Å². The van der Waals surface area contributed by atoms with E-state index < -0.39 is 12.0 Å². The fourth-order valence-corrected chi connectivity index (χ4v) is 2.22. The van der Waals surface area contributed by atoms with Crippen LogP contribution in [0.4, 0.5) is 0 Å². The van der Waals surface area contributed by atoms with Gasteiger partial charge in [0.2, 0.25) is 5.91 Å². The van der Waals surface area contributed by atoms with Gasteiger partial charge in [-0.25, -0.2) is 4.79 Å².